The van der Waals surface area contributed by atoms with Gasteiger partial charge >= 0.3 is 0 Å². The van der Waals surface area contributed by atoms with E-state index >= 15 is 0 Å². The van der Waals surface area contributed by atoms with Crippen LogP contribution in [0.4, 0.5) is 0 Å². The first-order valence-corrected chi connectivity index (χ1v) is 5.03. The van der Waals surface area contributed by atoms with Crippen LogP contribution in [0.25, 0.3) is 0 Å². The summed E-state index contributed by atoms with van der Waals surface area (Å²) in [5, 5.41) is 11.7. The molecule has 1 aliphatic rings. The maximum atomic E-state index is 4.21. The van der Waals surface area contributed by atoms with Gasteiger partial charge in [0.1, 0.15) is 11.6 Å². The Morgan fingerprint density at radius 1 is 1.46 bits per heavy atom. The van der Waals surface area contributed by atoms with Crippen molar-refractivity contribution in [1.82, 2.24) is 20.1 Å². The highest BCUT2D eigenvalue weighted by molar-refractivity contribution is 4.98. The quantitative estimate of drug-likeness (QED) is 0.745. The van der Waals surface area contributed by atoms with Crippen LogP contribution in [0.5, 0.6) is 0 Å². The molecule has 0 radical (unpaired) electrons. The predicted molar refractivity (Wildman–Crippen MR) is 50.3 cm³/mol. The van der Waals surface area contributed by atoms with Gasteiger partial charge in [0.2, 0.25) is 0 Å². The van der Waals surface area contributed by atoms with E-state index in [9.17, 15) is 0 Å². The van der Waals surface area contributed by atoms with Crippen LogP contribution in [0.1, 0.15) is 31.4 Å². The van der Waals surface area contributed by atoms with Gasteiger partial charge in [0, 0.05) is 19.5 Å². The van der Waals surface area contributed by atoms with Gasteiger partial charge in [0.15, 0.2) is 0 Å². The van der Waals surface area contributed by atoms with Crippen molar-refractivity contribution >= 4 is 0 Å². The summed E-state index contributed by atoms with van der Waals surface area (Å²) in [4.78, 5) is 0. The number of fused-ring (bicyclic) bond motifs is 1. The second-order valence-corrected chi connectivity index (χ2v) is 3.46. The molecule has 0 aromatic carbocycles. The van der Waals surface area contributed by atoms with E-state index in [1.165, 1.54) is 18.7 Å². The average molecular weight is 180 g/mol. The summed E-state index contributed by atoms with van der Waals surface area (Å²) in [7, 11) is 0. The highest BCUT2D eigenvalue weighted by Crippen LogP contribution is 2.08. The molecule has 0 spiro atoms. The number of aromatic nitrogens is 3. The Bertz CT molecular complexity index is 279. The fraction of sp³-hybridized carbons (Fsp3) is 0.778. The molecule has 1 aromatic heterocycles. The number of aryl methyl sites for hydroxylation is 1. The van der Waals surface area contributed by atoms with Gasteiger partial charge in [0.05, 0.1) is 6.54 Å². The van der Waals surface area contributed by atoms with Crippen molar-refractivity contribution in [2.45, 2.75) is 39.3 Å². The molecule has 0 bridgehead atoms. The van der Waals surface area contributed by atoms with Crippen LogP contribution in [-0.2, 0) is 19.5 Å². The second kappa shape index (κ2) is 3.87. The highest BCUT2D eigenvalue weighted by atomic mass is 15.3. The van der Waals surface area contributed by atoms with E-state index in [2.05, 4.69) is 27.0 Å². The van der Waals surface area contributed by atoms with Crippen molar-refractivity contribution in [2.75, 3.05) is 6.54 Å². The molecule has 1 aromatic rings. The van der Waals surface area contributed by atoms with E-state index in [1.807, 2.05) is 0 Å². The van der Waals surface area contributed by atoms with Gasteiger partial charge in [-0.2, -0.15) is 0 Å². The van der Waals surface area contributed by atoms with Gasteiger partial charge in [-0.25, -0.2) is 0 Å². The van der Waals surface area contributed by atoms with Gasteiger partial charge in [-0.15, -0.1) is 10.2 Å². The Hall–Kier alpha value is -0.900. The van der Waals surface area contributed by atoms with Crippen LogP contribution in [0.2, 0.25) is 0 Å². The molecule has 4 heteroatoms. The molecule has 13 heavy (non-hydrogen) atoms. The number of hydrogen-bond donors (Lipinski definition) is 1. The number of rotatable bonds is 3. The minimum atomic E-state index is 0.874. The van der Waals surface area contributed by atoms with E-state index in [-0.39, 0.29) is 0 Å². The fourth-order valence-electron chi connectivity index (χ4n) is 1.67. The molecule has 2 rings (SSSR count). The number of hydrogen-bond acceptors (Lipinski definition) is 3. The van der Waals surface area contributed by atoms with Gasteiger partial charge in [-0.1, -0.05) is 13.3 Å². The Kier molecular flexibility index (Phi) is 2.59. The SMILES string of the molecule is CCCCc1nnc2n1CCNC2. The summed E-state index contributed by atoms with van der Waals surface area (Å²) in [5.41, 5.74) is 0. The number of unbranched alkanes of at least 4 members (excludes halogenated alkanes) is 1. The molecule has 0 saturated heterocycles. The monoisotopic (exact) mass is 180 g/mol. The van der Waals surface area contributed by atoms with Gasteiger partial charge in [-0.3, -0.25) is 0 Å². The van der Waals surface area contributed by atoms with Crippen molar-refractivity contribution in [3.8, 4) is 0 Å². The molecule has 0 fully saturated rings. The summed E-state index contributed by atoms with van der Waals surface area (Å²) in [6.07, 6.45) is 3.51. The minimum absolute atomic E-state index is 0.874. The van der Waals surface area contributed by atoms with Crippen molar-refractivity contribution in [2.24, 2.45) is 0 Å². The smallest absolute Gasteiger partial charge is 0.147 e. The Balaban J connectivity index is 2.12. The maximum Gasteiger partial charge on any atom is 0.147 e. The Morgan fingerprint density at radius 2 is 2.38 bits per heavy atom. The third-order valence-electron chi connectivity index (χ3n) is 2.45. The average Bonchev–Trinajstić information content (AvgIpc) is 2.58. The Morgan fingerprint density at radius 3 is 3.23 bits per heavy atom. The third kappa shape index (κ3) is 1.72. The van der Waals surface area contributed by atoms with Crippen molar-refractivity contribution < 1.29 is 0 Å². The summed E-state index contributed by atoms with van der Waals surface area (Å²) in [5.74, 6) is 2.26. The van der Waals surface area contributed by atoms with Crippen molar-refractivity contribution in [3.05, 3.63) is 11.6 Å². The molecular formula is C9H16N4. The normalized spacial score (nSPS) is 15.8. The molecule has 0 aliphatic carbocycles. The van der Waals surface area contributed by atoms with Gasteiger partial charge < -0.3 is 9.88 Å². The molecule has 0 saturated carbocycles. The molecule has 0 atom stereocenters. The highest BCUT2D eigenvalue weighted by Gasteiger charge is 2.13. The molecule has 0 unspecified atom stereocenters. The fourth-order valence-corrected chi connectivity index (χ4v) is 1.67. The molecule has 72 valence electrons. The first kappa shape index (κ1) is 8.69. The second-order valence-electron chi connectivity index (χ2n) is 3.46. The van der Waals surface area contributed by atoms with Crippen LogP contribution in [0, 0.1) is 0 Å². The summed E-state index contributed by atoms with van der Waals surface area (Å²) < 4.78 is 2.26. The standard InChI is InChI=1S/C9H16N4/c1-2-3-4-8-11-12-9-7-10-5-6-13(8)9/h10H,2-7H2,1H3. The molecule has 2 heterocycles. The molecular weight excluding hydrogens is 164 g/mol. The molecule has 0 amide bonds. The third-order valence-corrected chi connectivity index (χ3v) is 2.45. The first-order chi connectivity index (χ1) is 6.42. The zero-order chi connectivity index (χ0) is 9.10. The molecule has 4 nitrogen and oxygen atoms in total. The zero-order valence-corrected chi connectivity index (χ0v) is 8.08. The topological polar surface area (TPSA) is 42.7 Å². The largest absolute Gasteiger partial charge is 0.313 e. The molecule has 1 aliphatic heterocycles. The molecule has 1 N–H and O–H groups in total. The number of nitrogens with one attached hydrogen (secondary N) is 1. The predicted octanol–water partition coefficient (Wildman–Crippen LogP) is 0.724. The summed E-state index contributed by atoms with van der Waals surface area (Å²) >= 11 is 0. The minimum Gasteiger partial charge on any atom is -0.313 e. The Labute approximate surface area is 78.4 Å². The number of nitrogens with zero attached hydrogens (tertiary/aromatic N) is 3. The van der Waals surface area contributed by atoms with Crippen molar-refractivity contribution in [3.63, 3.8) is 0 Å². The van der Waals surface area contributed by atoms with Gasteiger partial charge in [0.25, 0.3) is 0 Å². The van der Waals surface area contributed by atoms with Crippen molar-refractivity contribution in [1.29, 1.82) is 0 Å². The van der Waals surface area contributed by atoms with Crippen LogP contribution in [0.15, 0.2) is 0 Å². The summed E-state index contributed by atoms with van der Waals surface area (Å²) in [6, 6.07) is 0. The first-order valence-electron chi connectivity index (χ1n) is 5.03. The lowest BCUT2D eigenvalue weighted by atomic mass is 10.2. The van der Waals surface area contributed by atoms with E-state index in [0.29, 0.717) is 0 Å². The van der Waals surface area contributed by atoms with Crippen LogP contribution >= 0.6 is 0 Å². The van der Waals surface area contributed by atoms with Crippen LogP contribution < -0.4 is 5.32 Å². The van der Waals surface area contributed by atoms with E-state index in [0.717, 1.165) is 31.9 Å². The van der Waals surface area contributed by atoms with E-state index in [1.54, 1.807) is 0 Å². The van der Waals surface area contributed by atoms with E-state index in [4.69, 9.17) is 0 Å². The van der Waals surface area contributed by atoms with Gasteiger partial charge in [-0.05, 0) is 6.42 Å². The zero-order valence-electron chi connectivity index (χ0n) is 8.08. The summed E-state index contributed by atoms with van der Waals surface area (Å²) in [6.45, 7) is 5.15. The van der Waals surface area contributed by atoms with Crippen LogP contribution in [0.3, 0.4) is 0 Å². The lowest BCUT2D eigenvalue weighted by Gasteiger charge is -2.15. The lowest BCUT2D eigenvalue weighted by molar-refractivity contribution is 0.491. The van der Waals surface area contributed by atoms with E-state index < -0.39 is 0 Å². The lowest BCUT2D eigenvalue weighted by Crippen LogP contribution is -2.29. The van der Waals surface area contributed by atoms with Crippen LogP contribution in [-0.4, -0.2) is 21.3 Å². The maximum absolute atomic E-state index is 4.21.